The van der Waals surface area contributed by atoms with E-state index in [1.54, 1.807) is 85.2 Å². The van der Waals surface area contributed by atoms with E-state index in [1.807, 2.05) is 17.0 Å². The predicted molar refractivity (Wildman–Crippen MR) is 375 cm³/mol. The summed E-state index contributed by atoms with van der Waals surface area (Å²) in [4.78, 5) is 86.8. The molecule has 0 aliphatic carbocycles. The van der Waals surface area contributed by atoms with Crippen LogP contribution in [0.4, 0.5) is 66.2 Å². The minimum atomic E-state index is -0.562. The quantitative estimate of drug-likeness (QED) is 0.00823. The first-order valence-electron chi connectivity index (χ1n) is 29.6. The lowest BCUT2D eigenvalue weighted by Gasteiger charge is -2.25. The third-order valence-electron chi connectivity index (χ3n) is 12.7. The van der Waals surface area contributed by atoms with Gasteiger partial charge in [-0.1, -0.05) is 13.2 Å². The molecule has 36 heteroatoms. The van der Waals surface area contributed by atoms with E-state index in [0.29, 0.717) is 113 Å². The van der Waals surface area contributed by atoms with Crippen LogP contribution in [0.2, 0.25) is 0 Å². The average Bonchev–Trinajstić information content (AvgIpc) is 1.58. The van der Waals surface area contributed by atoms with Crippen LogP contribution in [-0.4, -0.2) is 156 Å². The number of alkyl halides is 2. The Labute approximate surface area is 592 Å². The average molecular weight is 1450 g/mol. The van der Waals surface area contributed by atoms with Gasteiger partial charge in [0.1, 0.15) is 78.4 Å². The van der Waals surface area contributed by atoms with Crippen molar-refractivity contribution in [3.8, 4) is 18.2 Å². The van der Waals surface area contributed by atoms with Crippen LogP contribution in [0.25, 0.3) is 0 Å². The molecule has 3 aromatic heterocycles. The largest absolute Gasteiger partial charge is 0.464 e. The molecule has 3 amide bonds. The molecule has 0 unspecified atom stereocenters. The van der Waals surface area contributed by atoms with Crippen molar-refractivity contribution in [2.24, 2.45) is 30.7 Å². The topological polar surface area (TPSA) is 427 Å². The number of hydrogen-bond acceptors (Lipinski definition) is 31. The minimum absolute atomic E-state index is 0.0544. The summed E-state index contributed by atoms with van der Waals surface area (Å²) in [5, 5.41) is 80.3. The Kier molecular flexibility index (Phi) is 35.7. The van der Waals surface area contributed by atoms with Gasteiger partial charge in [-0.2, -0.15) is 28.9 Å². The maximum absolute atomic E-state index is 11.9. The van der Waals surface area contributed by atoms with Gasteiger partial charge in [0.15, 0.2) is 15.0 Å². The Balaban J connectivity index is 0.000000319. The fourth-order valence-electron chi connectivity index (χ4n) is 8.08. The summed E-state index contributed by atoms with van der Waals surface area (Å²) in [5.74, 6) is -2.57. The molecular weight excluding hydrogens is 1380 g/mol. The number of aromatic nitrogens is 3. The third-order valence-corrected chi connectivity index (χ3v) is 15.6. The third kappa shape index (κ3) is 27.5. The van der Waals surface area contributed by atoms with Gasteiger partial charge in [0.2, 0.25) is 17.7 Å². The number of carbonyl (C=O) groups excluding carboxylic acids is 7. The molecule has 0 radical (unpaired) electrons. The highest BCUT2D eigenvalue weighted by atomic mass is 35.5. The number of nitrogens with zero attached hydrogens (tertiary/aromatic N) is 15. The molecule has 0 saturated carbocycles. The van der Waals surface area contributed by atoms with E-state index in [9.17, 15) is 54.3 Å². The summed E-state index contributed by atoms with van der Waals surface area (Å²) in [6, 6.07) is 21.4. The van der Waals surface area contributed by atoms with Gasteiger partial charge in [-0.3, -0.25) is 24.0 Å². The SMILES string of the molecule is C=CC(=O)OCCN(CCOC(=O)C=C)c1ccc(N=Nc2snc(C)c2C#N)c(NC(C)=O)c1.CC(=O)Nc1cc(N(CCO)CCO)ccc1N=Nc1snc(C)c1C#N.CC(=O)Nc1cc(N(CCOC(=O)CCCl)CCOC(=O)CCCl)ccc1N=Nc1snc(C)c1C#N. The normalized spacial score (nSPS) is 10.6. The molecule has 3 aromatic carbocycles. The van der Waals surface area contributed by atoms with Crippen molar-refractivity contribution in [1.82, 2.24) is 13.1 Å². The van der Waals surface area contributed by atoms with E-state index in [-0.39, 0.29) is 108 Å². The zero-order valence-electron chi connectivity index (χ0n) is 54.7. The molecule has 6 aromatic rings. The number of esters is 4. The predicted octanol–water partition coefficient (Wildman–Crippen LogP) is 11.3. The Bertz CT molecular complexity index is 3970. The van der Waals surface area contributed by atoms with E-state index < -0.39 is 23.9 Å². The van der Waals surface area contributed by atoms with Crippen LogP contribution in [0.5, 0.6) is 0 Å². The second-order valence-electron chi connectivity index (χ2n) is 19.9. The van der Waals surface area contributed by atoms with Crippen molar-refractivity contribution < 1.29 is 62.7 Å². The maximum Gasteiger partial charge on any atom is 0.330 e. The lowest BCUT2D eigenvalue weighted by molar-refractivity contribution is -0.143. The zero-order chi connectivity index (χ0) is 72.8. The minimum Gasteiger partial charge on any atom is -0.464 e. The molecule has 0 saturated heterocycles. The molecule has 5 N–H and O–H groups in total. The van der Waals surface area contributed by atoms with Gasteiger partial charge in [-0.05, 0) is 110 Å². The summed E-state index contributed by atoms with van der Waals surface area (Å²) in [5.41, 5.74) is 7.08. The molecule has 0 aliphatic rings. The van der Waals surface area contributed by atoms with Gasteiger partial charge < -0.3 is 59.8 Å². The first-order valence-corrected chi connectivity index (χ1v) is 33.0. The molecular formula is C63H70Cl2N18O13S3. The molecule has 0 fully saturated rings. The number of anilines is 6. The van der Waals surface area contributed by atoms with Gasteiger partial charge in [0, 0.05) is 74.8 Å². The first kappa shape index (κ1) is 80.9. The Hall–Kier alpha value is -10.5. The highest BCUT2D eigenvalue weighted by molar-refractivity contribution is 7.10. The second-order valence-corrected chi connectivity index (χ2v) is 22.9. The van der Waals surface area contributed by atoms with Crippen LogP contribution in [0.3, 0.4) is 0 Å². The van der Waals surface area contributed by atoms with Crippen molar-refractivity contribution in [1.29, 1.82) is 15.8 Å². The molecule has 522 valence electrons. The number of benzene rings is 3. The van der Waals surface area contributed by atoms with Crippen molar-refractivity contribution in [2.75, 3.05) is 121 Å². The van der Waals surface area contributed by atoms with Crippen LogP contribution in [0.15, 0.2) is 111 Å². The Morgan fingerprint density at radius 1 is 0.495 bits per heavy atom. The zero-order valence-corrected chi connectivity index (χ0v) is 58.6. The number of aliphatic hydroxyl groups is 2. The molecule has 0 spiro atoms. The number of amides is 3. The van der Waals surface area contributed by atoms with E-state index in [0.717, 1.165) is 46.7 Å². The van der Waals surface area contributed by atoms with Crippen molar-refractivity contribution in [2.45, 2.75) is 54.4 Å². The summed E-state index contributed by atoms with van der Waals surface area (Å²) < 4.78 is 32.9. The number of aliphatic hydroxyl groups excluding tert-OH is 2. The van der Waals surface area contributed by atoms with Crippen LogP contribution >= 0.6 is 57.8 Å². The van der Waals surface area contributed by atoms with E-state index in [2.05, 4.69) is 79.0 Å². The number of nitriles is 3. The van der Waals surface area contributed by atoms with Crippen LogP contribution < -0.4 is 30.7 Å². The fourth-order valence-corrected chi connectivity index (χ4v) is 10.4. The van der Waals surface area contributed by atoms with Gasteiger partial charge >= 0.3 is 23.9 Å². The number of rotatable bonds is 34. The Morgan fingerprint density at radius 3 is 1.03 bits per heavy atom. The molecule has 31 nitrogen and oxygen atoms in total. The number of hydrogen-bond donors (Lipinski definition) is 5. The van der Waals surface area contributed by atoms with Gasteiger partial charge in [-0.25, -0.2) is 9.59 Å². The molecule has 0 atom stereocenters. The van der Waals surface area contributed by atoms with Crippen molar-refractivity contribution in [3.05, 3.63) is 114 Å². The fraction of sp³-hybridized carbons (Fsp3) is 0.349. The van der Waals surface area contributed by atoms with E-state index in [1.165, 1.54) is 20.8 Å². The van der Waals surface area contributed by atoms with Crippen LogP contribution in [0, 0.1) is 54.8 Å². The lowest BCUT2D eigenvalue weighted by Crippen LogP contribution is -2.32. The summed E-state index contributed by atoms with van der Waals surface area (Å²) in [7, 11) is 0. The number of ether oxygens (including phenoxy) is 4. The highest BCUT2D eigenvalue weighted by Crippen LogP contribution is 2.37. The smallest absolute Gasteiger partial charge is 0.330 e. The summed E-state index contributed by atoms with van der Waals surface area (Å²) in [6.45, 7) is 17.9. The van der Waals surface area contributed by atoms with Gasteiger partial charge in [-0.15, -0.1) is 53.9 Å². The van der Waals surface area contributed by atoms with Crippen molar-refractivity contribution >= 4 is 166 Å². The number of carbonyl (C=O) groups is 7. The number of halogens is 2. The summed E-state index contributed by atoms with van der Waals surface area (Å²) in [6.07, 6.45) is 2.31. The van der Waals surface area contributed by atoms with Gasteiger partial charge in [0.25, 0.3) is 0 Å². The molecule has 0 bridgehead atoms. The first-order chi connectivity index (χ1) is 47.6. The van der Waals surface area contributed by atoms with E-state index in [4.69, 9.17) is 47.4 Å². The van der Waals surface area contributed by atoms with E-state index >= 15 is 0 Å². The van der Waals surface area contributed by atoms with Gasteiger partial charge in [0.05, 0.1) is 86.4 Å². The number of nitrogens with one attached hydrogen (secondary N) is 3. The molecule has 0 aliphatic heterocycles. The number of aryl methyl sites for hydroxylation is 3. The monoisotopic (exact) mass is 1450 g/mol. The highest BCUT2D eigenvalue weighted by Gasteiger charge is 2.19. The number of azo groups is 3. The molecule has 99 heavy (non-hydrogen) atoms. The van der Waals surface area contributed by atoms with Crippen LogP contribution in [-0.2, 0) is 52.5 Å². The lowest BCUT2D eigenvalue weighted by atomic mass is 10.2. The standard InChI is InChI=1S/C23H26Cl2N6O5S.C23H24N6O5S.C17H20N6O3S/c1-15-18(14-26)23(37-30-15)29-28-19-4-3-17(13-20(19)27-16(2)32)31(9-11-35-21(33)5-7-24)10-12-36-22(34)6-8-25;1-5-21(31)33-11-9-29(10-12-34-22(32)6-2)17-7-8-19(20(13-17)25-16(4)30)26-27-23-18(14-24)15(3)28-35-23;1-11-14(10-18)17(27-22-11)21-20-15-4-3-13(9-16(15)19-12(2)26)23(5-7-24)6-8-25/h3-4,13H,5-12H2,1-2H3,(H,27,32);5-8,13H,1-2,9-12H2,3-4H3,(H,25,30);3-4,9,24-25H,5-8H2,1-2H3,(H,19,26). The second kappa shape index (κ2) is 43.6. The molecule has 3 heterocycles. The molecule has 6 rings (SSSR count). The van der Waals surface area contributed by atoms with Crippen molar-refractivity contribution in [3.63, 3.8) is 0 Å². The van der Waals surface area contributed by atoms with Crippen LogP contribution in [0.1, 0.15) is 67.4 Å². The maximum atomic E-state index is 11.9. The Morgan fingerprint density at radius 2 is 0.778 bits per heavy atom. The summed E-state index contributed by atoms with van der Waals surface area (Å²) >= 11 is 14.3.